The zero-order chi connectivity index (χ0) is 14.4. The van der Waals surface area contributed by atoms with Crippen LogP contribution in [0.5, 0.6) is 0 Å². The first-order chi connectivity index (χ1) is 9.70. The predicted octanol–water partition coefficient (Wildman–Crippen LogP) is 2.11. The van der Waals surface area contributed by atoms with E-state index in [9.17, 15) is 9.59 Å². The summed E-state index contributed by atoms with van der Waals surface area (Å²) in [6.07, 6.45) is 9.25. The Kier molecular flexibility index (Phi) is 5.62. The van der Waals surface area contributed by atoms with Gasteiger partial charge < -0.3 is 10.2 Å². The molecule has 1 unspecified atom stereocenters. The Balaban J connectivity index is 1.85. The Morgan fingerprint density at radius 1 is 1.30 bits per heavy atom. The molecule has 4 nitrogen and oxygen atoms in total. The topological polar surface area (TPSA) is 49.4 Å². The summed E-state index contributed by atoms with van der Waals surface area (Å²) in [6.45, 7) is 5.56. The Labute approximate surface area is 121 Å². The van der Waals surface area contributed by atoms with Crippen LogP contribution < -0.4 is 5.32 Å². The van der Waals surface area contributed by atoms with Gasteiger partial charge in [-0.1, -0.05) is 25.3 Å². The molecule has 0 spiro atoms. The highest BCUT2D eigenvalue weighted by Crippen LogP contribution is 2.26. The van der Waals surface area contributed by atoms with E-state index in [4.69, 9.17) is 0 Å². The van der Waals surface area contributed by atoms with E-state index in [0.717, 1.165) is 6.54 Å². The standard InChI is InChI=1S/C16H26N2O2/c1-2-10-17-16(20)14-8-9-15(19)18(12-14)11-13-6-4-3-5-7-13/h2,13-14H,1,3-12H2,(H,17,20). The molecule has 4 heteroatoms. The van der Waals surface area contributed by atoms with Crippen molar-refractivity contribution in [1.29, 1.82) is 0 Å². The van der Waals surface area contributed by atoms with Gasteiger partial charge in [-0.3, -0.25) is 9.59 Å². The van der Waals surface area contributed by atoms with Gasteiger partial charge in [-0.15, -0.1) is 6.58 Å². The third-order valence-corrected chi connectivity index (χ3v) is 4.49. The quantitative estimate of drug-likeness (QED) is 0.783. The van der Waals surface area contributed by atoms with Crippen molar-refractivity contribution in [3.05, 3.63) is 12.7 Å². The van der Waals surface area contributed by atoms with Crippen molar-refractivity contribution in [2.75, 3.05) is 19.6 Å². The van der Waals surface area contributed by atoms with Gasteiger partial charge in [0.2, 0.25) is 11.8 Å². The first kappa shape index (κ1) is 15.1. The number of hydrogen-bond acceptors (Lipinski definition) is 2. The van der Waals surface area contributed by atoms with Crippen LogP contribution in [0.4, 0.5) is 0 Å². The molecular formula is C16H26N2O2. The first-order valence-corrected chi connectivity index (χ1v) is 7.87. The maximum absolute atomic E-state index is 12.0. The Bertz CT molecular complexity index is 361. The van der Waals surface area contributed by atoms with Crippen LogP contribution in [-0.4, -0.2) is 36.3 Å². The summed E-state index contributed by atoms with van der Waals surface area (Å²) in [5, 5.41) is 2.85. The SMILES string of the molecule is C=CCNC(=O)C1CCC(=O)N(CC2CCCCC2)C1. The summed E-state index contributed by atoms with van der Waals surface area (Å²) in [5.41, 5.74) is 0. The molecule has 0 aromatic rings. The van der Waals surface area contributed by atoms with Crippen LogP contribution in [0, 0.1) is 11.8 Å². The number of carbonyl (C=O) groups is 2. The predicted molar refractivity (Wildman–Crippen MR) is 79.1 cm³/mol. The summed E-state index contributed by atoms with van der Waals surface area (Å²) in [4.78, 5) is 26.0. The average molecular weight is 278 g/mol. The lowest BCUT2D eigenvalue weighted by Crippen LogP contribution is -2.47. The summed E-state index contributed by atoms with van der Waals surface area (Å²) < 4.78 is 0. The summed E-state index contributed by atoms with van der Waals surface area (Å²) in [7, 11) is 0. The molecule has 1 N–H and O–H groups in total. The van der Waals surface area contributed by atoms with Crippen molar-refractivity contribution in [2.45, 2.75) is 44.9 Å². The second kappa shape index (κ2) is 7.46. The number of likely N-dealkylation sites (tertiary alicyclic amines) is 1. The minimum absolute atomic E-state index is 0.0451. The normalized spacial score (nSPS) is 24.5. The van der Waals surface area contributed by atoms with Crippen molar-refractivity contribution in [1.82, 2.24) is 10.2 Å². The number of piperidine rings is 1. The van der Waals surface area contributed by atoms with Crippen LogP contribution in [0.1, 0.15) is 44.9 Å². The maximum atomic E-state index is 12.0. The fraction of sp³-hybridized carbons (Fsp3) is 0.750. The van der Waals surface area contributed by atoms with Gasteiger partial charge in [0.25, 0.3) is 0 Å². The number of nitrogens with one attached hydrogen (secondary N) is 1. The highest BCUT2D eigenvalue weighted by atomic mass is 16.2. The Morgan fingerprint density at radius 2 is 2.05 bits per heavy atom. The fourth-order valence-electron chi connectivity index (χ4n) is 3.30. The molecule has 1 saturated carbocycles. The number of hydrogen-bond donors (Lipinski definition) is 1. The average Bonchev–Trinajstić information content (AvgIpc) is 2.48. The van der Waals surface area contributed by atoms with Crippen LogP contribution >= 0.6 is 0 Å². The molecule has 1 aliphatic carbocycles. The molecule has 1 heterocycles. The van der Waals surface area contributed by atoms with Crippen LogP contribution in [0.25, 0.3) is 0 Å². The third kappa shape index (κ3) is 4.09. The van der Waals surface area contributed by atoms with E-state index in [0.29, 0.717) is 31.8 Å². The molecule has 112 valence electrons. The highest BCUT2D eigenvalue weighted by molar-refractivity contribution is 5.83. The Morgan fingerprint density at radius 3 is 2.75 bits per heavy atom. The summed E-state index contributed by atoms with van der Waals surface area (Å²) >= 11 is 0. The smallest absolute Gasteiger partial charge is 0.225 e. The lowest BCUT2D eigenvalue weighted by molar-refractivity contribution is -0.139. The zero-order valence-corrected chi connectivity index (χ0v) is 12.3. The third-order valence-electron chi connectivity index (χ3n) is 4.49. The molecule has 0 radical (unpaired) electrons. The molecule has 1 aliphatic heterocycles. The number of nitrogens with zero attached hydrogens (tertiary/aromatic N) is 1. The summed E-state index contributed by atoms with van der Waals surface area (Å²) in [5.74, 6) is 0.883. The molecule has 2 fully saturated rings. The van der Waals surface area contributed by atoms with Crippen molar-refractivity contribution in [3.8, 4) is 0 Å². The second-order valence-corrected chi connectivity index (χ2v) is 6.07. The van der Waals surface area contributed by atoms with Gasteiger partial charge in [0.15, 0.2) is 0 Å². The van der Waals surface area contributed by atoms with Crippen molar-refractivity contribution < 1.29 is 9.59 Å². The largest absolute Gasteiger partial charge is 0.352 e. The molecule has 2 aliphatic rings. The first-order valence-electron chi connectivity index (χ1n) is 7.87. The minimum atomic E-state index is -0.0451. The molecule has 1 atom stereocenters. The molecule has 1 saturated heterocycles. The van der Waals surface area contributed by atoms with E-state index in [2.05, 4.69) is 11.9 Å². The van der Waals surface area contributed by atoms with Gasteiger partial charge >= 0.3 is 0 Å². The van der Waals surface area contributed by atoms with Crippen molar-refractivity contribution in [3.63, 3.8) is 0 Å². The van der Waals surface area contributed by atoms with E-state index in [1.807, 2.05) is 4.90 Å². The Hall–Kier alpha value is -1.32. The summed E-state index contributed by atoms with van der Waals surface area (Å²) in [6, 6.07) is 0. The van der Waals surface area contributed by atoms with E-state index in [1.54, 1.807) is 6.08 Å². The van der Waals surface area contributed by atoms with Gasteiger partial charge in [0.1, 0.15) is 0 Å². The lowest BCUT2D eigenvalue weighted by atomic mass is 9.87. The second-order valence-electron chi connectivity index (χ2n) is 6.07. The number of amides is 2. The van der Waals surface area contributed by atoms with E-state index >= 15 is 0 Å². The van der Waals surface area contributed by atoms with Gasteiger partial charge in [-0.05, 0) is 25.2 Å². The monoisotopic (exact) mass is 278 g/mol. The van der Waals surface area contributed by atoms with E-state index < -0.39 is 0 Å². The molecule has 2 rings (SSSR count). The van der Waals surface area contributed by atoms with Crippen molar-refractivity contribution >= 4 is 11.8 Å². The zero-order valence-electron chi connectivity index (χ0n) is 12.3. The number of rotatable bonds is 5. The van der Waals surface area contributed by atoms with Gasteiger partial charge in [0.05, 0.1) is 5.92 Å². The molecule has 20 heavy (non-hydrogen) atoms. The van der Waals surface area contributed by atoms with Crippen LogP contribution in [-0.2, 0) is 9.59 Å². The minimum Gasteiger partial charge on any atom is -0.352 e. The molecule has 0 bridgehead atoms. The highest BCUT2D eigenvalue weighted by Gasteiger charge is 2.31. The molecule has 0 aromatic carbocycles. The van der Waals surface area contributed by atoms with E-state index in [1.165, 1.54) is 32.1 Å². The molecule has 2 amide bonds. The van der Waals surface area contributed by atoms with Gasteiger partial charge in [-0.2, -0.15) is 0 Å². The molecular weight excluding hydrogens is 252 g/mol. The maximum Gasteiger partial charge on any atom is 0.225 e. The van der Waals surface area contributed by atoms with Crippen LogP contribution in [0.3, 0.4) is 0 Å². The van der Waals surface area contributed by atoms with Crippen LogP contribution in [0.2, 0.25) is 0 Å². The fourth-order valence-corrected chi connectivity index (χ4v) is 3.30. The number of carbonyl (C=O) groups excluding carboxylic acids is 2. The van der Waals surface area contributed by atoms with Crippen LogP contribution in [0.15, 0.2) is 12.7 Å². The van der Waals surface area contributed by atoms with Gasteiger partial charge in [-0.25, -0.2) is 0 Å². The molecule has 0 aromatic heterocycles. The van der Waals surface area contributed by atoms with Crippen molar-refractivity contribution in [2.24, 2.45) is 11.8 Å². The van der Waals surface area contributed by atoms with E-state index in [-0.39, 0.29) is 17.7 Å². The lowest BCUT2D eigenvalue weighted by Gasteiger charge is -2.35. The van der Waals surface area contributed by atoms with Gasteiger partial charge in [0, 0.05) is 26.1 Å².